The average molecular weight is 357 g/mol. The smallest absolute Gasteiger partial charge is 0.312 e. The summed E-state index contributed by atoms with van der Waals surface area (Å²) in [6, 6.07) is 2.41. The molecule has 0 aliphatic rings. The van der Waals surface area contributed by atoms with Gasteiger partial charge in [0, 0.05) is 12.1 Å². The van der Waals surface area contributed by atoms with Crippen molar-refractivity contribution in [2.24, 2.45) is 5.14 Å². The molecular formula is C11H14Cl2N2O5S. The lowest BCUT2D eigenvalue weighted by Gasteiger charge is -2.08. The van der Waals surface area contributed by atoms with Gasteiger partial charge >= 0.3 is 5.69 Å². The zero-order valence-corrected chi connectivity index (χ0v) is 13.2. The van der Waals surface area contributed by atoms with Crippen LogP contribution < -0.4 is 9.88 Å². The number of primary sulfonamides is 1. The van der Waals surface area contributed by atoms with Crippen molar-refractivity contribution < 1.29 is 18.1 Å². The van der Waals surface area contributed by atoms with Crippen LogP contribution in [0.5, 0.6) is 5.75 Å². The fraction of sp³-hybridized carbons (Fsp3) is 0.455. The number of nitrogens with two attached hydrogens (primary N) is 1. The molecule has 0 aliphatic carbocycles. The maximum absolute atomic E-state index is 10.9. The van der Waals surface area contributed by atoms with Gasteiger partial charge in [0.1, 0.15) is 0 Å². The highest BCUT2D eigenvalue weighted by Gasteiger charge is 2.18. The molecule has 0 saturated carbocycles. The summed E-state index contributed by atoms with van der Waals surface area (Å²) in [4.78, 5) is 10.3. The van der Waals surface area contributed by atoms with Crippen LogP contribution in [0.15, 0.2) is 12.1 Å². The van der Waals surface area contributed by atoms with E-state index in [-0.39, 0.29) is 33.8 Å². The van der Waals surface area contributed by atoms with Crippen LogP contribution in [-0.2, 0) is 10.0 Å². The third-order valence-electron chi connectivity index (χ3n) is 2.53. The summed E-state index contributed by atoms with van der Waals surface area (Å²) in [6.07, 6.45) is 1.52. The first-order valence-electron chi connectivity index (χ1n) is 5.97. The Balaban J connectivity index is 2.52. The van der Waals surface area contributed by atoms with E-state index < -0.39 is 14.9 Å². The third-order valence-corrected chi connectivity index (χ3v) is 4.11. The van der Waals surface area contributed by atoms with Crippen molar-refractivity contribution in [1.29, 1.82) is 0 Å². The van der Waals surface area contributed by atoms with Gasteiger partial charge in [-0.15, -0.1) is 0 Å². The predicted octanol–water partition coefficient (Wildman–Crippen LogP) is 2.74. The minimum atomic E-state index is -3.45. The quantitative estimate of drug-likeness (QED) is 0.437. The maximum Gasteiger partial charge on any atom is 0.312 e. The summed E-state index contributed by atoms with van der Waals surface area (Å²) >= 11 is 11.5. The summed E-state index contributed by atoms with van der Waals surface area (Å²) in [5, 5.41) is 16.0. The minimum absolute atomic E-state index is 0.0286. The monoisotopic (exact) mass is 356 g/mol. The van der Waals surface area contributed by atoms with Gasteiger partial charge in [0.05, 0.1) is 27.3 Å². The van der Waals surface area contributed by atoms with Gasteiger partial charge in [-0.05, 0) is 19.3 Å². The van der Waals surface area contributed by atoms with Gasteiger partial charge in [-0.1, -0.05) is 23.2 Å². The van der Waals surface area contributed by atoms with Gasteiger partial charge in [-0.3, -0.25) is 10.1 Å². The van der Waals surface area contributed by atoms with Crippen LogP contribution in [0.3, 0.4) is 0 Å². The largest absolute Gasteiger partial charge is 0.487 e. The molecule has 0 heterocycles. The lowest BCUT2D eigenvalue weighted by Crippen LogP contribution is -2.16. The standard InChI is InChI=1S/C11H14Cl2N2O5S/c12-8-6-10(15(16)17)11(7-9(8)13)20-4-2-1-3-5-21(14,18)19/h6-7H,1-5H2,(H2,14,18,19). The zero-order valence-electron chi connectivity index (χ0n) is 10.9. The predicted molar refractivity (Wildman–Crippen MR) is 80.4 cm³/mol. The van der Waals surface area contributed by atoms with E-state index in [0.717, 1.165) is 6.07 Å². The van der Waals surface area contributed by atoms with Crippen LogP contribution in [0.4, 0.5) is 5.69 Å². The van der Waals surface area contributed by atoms with Gasteiger partial charge in [0.25, 0.3) is 0 Å². The number of nitro benzene ring substituents is 1. The van der Waals surface area contributed by atoms with Gasteiger partial charge in [0.2, 0.25) is 10.0 Å². The van der Waals surface area contributed by atoms with Crippen molar-refractivity contribution in [1.82, 2.24) is 0 Å². The van der Waals surface area contributed by atoms with E-state index >= 15 is 0 Å². The van der Waals surface area contributed by atoms with Crippen molar-refractivity contribution >= 4 is 38.9 Å². The Morgan fingerprint density at radius 2 is 1.81 bits per heavy atom. The lowest BCUT2D eigenvalue weighted by atomic mass is 10.2. The van der Waals surface area contributed by atoms with Crippen LogP contribution in [0, 0.1) is 10.1 Å². The summed E-state index contributed by atoms with van der Waals surface area (Å²) < 4.78 is 26.7. The Kier molecular flexibility index (Phi) is 6.66. The van der Waals surface area contributed by atoms with Gasteiger partial charge < -0.3 is 4.74 Å². The van der Waals surface area contributed by atoms with E-state index in [9.17, 15) is 18.5 Å². The first-order chi connectivity index (χ1) is 9.70. The molecule has 7 nitrogen and oxygen atoms in total. The second-order valence-electron chi connectivity index (χ2n) is 4.27. The average Bonchev–Trinajstić information content (AvgIpc) is 2.35. The Morgan fingerprint density at radius 3 is 2.38 bits per heavy atom. The van der Waals surface area contributed by atoms with Crippen molar-refractivity contribution in [2.75, 3.05) is 12.4 Å². The molecule has 0 aliphatic heterocycles. The van der Waals surface area contributed by atoms with Crippen LogP contribution >= 0.6 is 23.2 Å². The number of rotatable bonds is 8. The summed E-state index contributed by atoms with van der Waals surface area (Å²) in [6.45, 7) is 0.198. The Bertz CT molecular complexity index is 621. The van der Waals surface area contributed by atoms with Crippen molar-refractivity contribution in [3.63, 3.8) is 0 Å². The third kappa shape index (κ3) is 6.47. The number of hydrogen-bond donors (Lipinski definition) is 1. The molecule has 0 fully saturated rings. The number of hydrogen-bond acceptors (Lipinski definition) is 5. The molecule has 1 aromatic rings. The molecule has 0 aromatic heterocycles. The fourth-order valence-corrected chi connectivity index (χ4v) is 2.46. The van der Waals surface area contributed by atoms with Gasteiger partial charge in [0.15, 0.2) is 5.75 Å². The molecular weight excluding hydrogens is 343 g/mol. The molecule has 2 N–H and O–H groups in total. The fourth-order valence-electron chi connectivity index (χ4n) is 1.54. The topological polar surface area (TPSA) is 113 Å². The lowest BCUT2D eigenvalue weighted by molar-refractivity contribution is -0.385. The highest BCUT2D eigenvalue weighted by atomic mass is 35.5. The van der Waals surface area contributed by atoms with Crippen LogP contribution in [0.2, 0.25) is 10.0 Å². The van der Waals surface area contributed by atoms with Gasteiger partial charge in [-0.2, -0.15) is 0 Å². The molecule has 0 bridgehead atoms. The highest BCUT2D eigenvalue weighted by Crippen LogP contribution is 2.35. The Hall–Kier alpha value is -1.09. The molecule has 21 heavy (non-hydrogen) atoms. The van der Waals surface area contributed by atoms with E-state index in [1.807, 2.05) is 0 Å². The normalized spacial score (nSPS) is 11.4. The number of unbranched alkanes of at least 4 members (excludes halogenated alkanes) is 2. The number of nitro groups is 1. The molecule has 0 atom stereocenters. The Morgan fingerprint density at radius 1 is 1.19 bits per heavy atom. The molecule has 0 spiro atoms. The van der Waals surface area contributed by atoms with Crippen molar-refractivity contribution in [3.8, 4) is 5.75 Å². The van der Waals surface area contributed by atoms with E-state index in [1.54, 1.807) is 0 Å². The molecule has 10 heteroatoms. The van der Waals surface area contributed by atoms with Crippen molar-refractivity contribution in [3.05, 3.63) is 32.3 Å². The molecule has 1 rings (SSSR count). The molecule has 0 saturated heterocycles. The van der Waals surface area contributed by atoms with E-state index in [0.29, 0.717) is 19.3 Å². The molecule has 0 amide bonds. The first kappa shape index (κ1) is 18.0. The second kappa shape index (κ2) is 7.79. The van der Waals surface area contributed by atoms with E-state index in [2.05, 4.69) is 0 Å². The minimum Gasteiger partial charge on any atom is -0.487 e. The maximum atomic E-state index is 10.9. The van der Waals surface area contributed by atoms with E-state index in [4.69, 9.17) is 33.1 Å². The first-order valence-corrected chi connectivity index (χ1v) is 8.44. The highest BCUT2D eigenvalue weighted by molar-refractivity contribution is 7.89. The second-order valence-corrected chi connectivity index (χ2v) is 6.82. The van der Waals surface area contributed by atoms with Crippen LogP contribution in [0.25, 0.3) is 0 Å². The summed E-state index contributed by atoms with van der Waals surface area (Å²) in [5.74, 6) is -0.0687. The van der Waals surface area contributed by atoms with E-state index in [1.165, 1.54) is 6.07 Å². The number of benzene rings is 1. The molecule has 0 unspecified atom stereocenters. The molecule has 118 valence electrons. The van der Waals surface area contributed by atoms with Crippen LogP contribution in [0.1, 0.15) is 19.3 Å². The number of ether oxygens (including phenoxy) is 1. The number of nitrogens with zero attached hydrogens (tertiary/aromatic N) is 1. The summed E-state index contributed by atoms with van der Waals surface area (Å²) in [7, 11) is -3.45. The molecule has 1 aromatic carbocycles. The van der Waals surface area contributed by atoms with Crippen LogP contribution in [-0.4, -0.2) is 25.7 Å². The number of sulfonamides is 1. The number of halogens is 2. The Labute approximate surface area is 132 Å². The van der Waals surface area contributed by atoms with Gasteiger partial charge in [-0.25, -0.2) is 13.6 Å². The molecule has 0 radical (unpaired) electrons. The summed E-state index contributed by atoms with van der Waals surface area (Å²) in [5.41, 5.74) is -0.270. The SMILES string of the molecule is NS(=O)(=O)CCCCCOc1cc(Cl)c(Cl)cc1[N+](=O)[O-]. The van der Waals surface area contributed by atoms with Crippen molar-refractivity contribution in [2.45, 2.75) is 19.3 Å². The zero-order chi connectivity index (χ0) is 16.0.